The Balaban J connectivity index is 1.66. The highest BCUT2D eigenvalue weighted by Crippen LogP contribution is 2.29. The Morgan fingerprint density at radius 3 is 2.64 bits per heavy atom. The zero-order valence-electron chi connectivity index (χ0n) is 17.7. The van der Waals surface area contributed by atoms with Crippen molar-refractivity contribution in [3.8, 4) is 11.8 Å². The average molecular weight is 457 g/mol. The van der Waals surface area contributed by atoms with Crippen LogP contribution in [0.25, 0.3) is 10.9 Å². The lowest BCUT2D eigenvalue weighted by molar-refractivity contribution is -0.274. The monoisotopic (exact) mass is 457 g/mol. The van der Waals surface area contributed by atoms with Gasteiger partial charge in [0.1, 0.15) is 11.4 Å². The zero-order chi connectivity index (χ0) is 23.6. The van der Waals surface area contributed by atoms with E-state index in [1.54, 1.807) is 34.9 Å². The van der Waals surface area contributed by atoms with Gasteiger partial charge in [-0.15, -0.1) is 13.2 Å². The van der Waals surface area contributed by atoms with E-state index in [1.807, 2.05) is 0 Å². The first-order valence-corrected chi connectivity index (χ1v) is 10.5. The first kappa shape index (κ1) is 22.7. The number of fused-ring (bicyclic) bond motifs is 1. The maximum Gasteiger partial charge on any atom is 0.573 e. The molecule has 0 unspecified atom stereocenters. The van der Waals surface area contributed by atoms with Crippen LogP contribution in [0.3, 0.4) is 0 Å². The van der Waals surface area contributed by atoms with E-state index in [0.717, 1.165) is 12.8 Å². The maximum absolute atomic E-state index is 13.1. The first-order chi connectivity index (χ1) is 15.7. The molecule has 1 saturated carbocycles. The fourth-order valence-electron chi connectivity index (χ4n) is 4.27. The van der Waals surface area contributed by atoms with Crippen molar-refractivity contribution in [2.24, 2.45) is 0 Å². The molecule has 1 amide bonds. The molecule has 2 N–H and O–H groups in total. The number of aromatic nitrogens is 1. The number of amides is 1. The Morgan fingerprint density at radius 2 is 1.94 bits per heavy atom. The minimum Gasteiger partial charge on any atom is -0.406 e. The molecule has 2 aromatic carbocycles. The second-order valence-electron chi connectivity index (χ2n) is 8.31. The topological polar surface area (TPSA) is 87.3 Å². The molecule has 1 aliphatic carbocycles. The van der Waals surface area contributed by atoms with Crippen LogP contribution in [0.15, 0.2) is 48.5 Å². The van der Waals surface area contributed by atoms with Gasteiger partial charge in [0, 0.05) is 24.0 Å². The summed E-state index contributed by atoms with van der Waals surface area (Å²) in [6.45, 7) is 0.225. The number of hydrogen-bond donors (Lipinski definition) is 2. The third-order valence-electron chi connectivity index (χ3n) is 5.85. The first-order valence-electron chi connectivity index (χ1n) is 10.5. The van der Waals surface area contributed by atoms with Crippen LogP contribution in [-0.2, 0) is 6.54 Å². The number of ether oxygens (including phenoxy) is 1. The number of hydrogen-bond acceptors (Lipinski definition) is 4. The van der Waals surface area contributed by atoms with Crippen molar-refractivity contribution in [3.63, 3.8) is 0 Å². The van der Waals surface area contributed by atoms with Crippen molar-refractivity contribution in [2.75, 3.05) is 6.54 Å². The summed E-state index contributed by atoms with van der Waals surface area (Å²) in [6, 6.07) is 14.2. The van der Waals surface area contributed by atoms with Gasteiger partial charge in [0.05, 0.1) is 17.2 Å². The van der Waals surface area contributed by atoms with Gasteiger partial charge in [0.2, 0.25) is 0 Å². The largest absolute Gasteiger partial charge is 0.573 e. The van der Waals surface area contributed by atoms with Gasteiger partial charge in [-0.05, 0) is 54.8 Å². The van der Waals surface area contributed by atoms with Crippen LogP contribution in [0.5, 0.6) is 5.75 Å². The van der Waals surface area contributed by atoms with Gasteiger partial charge >= 0.3 is 6.36 Å². The highest BCUT2D eigenvalue weighted by molar-refractivity contribution is 5.99. The Bertz CT molecular complexity index is 1220. The summed E-state index contributed by atoms with van der Waals surface area (Å²) < 4.78 is 43.5. The Kier molecular flexibility index (Phi) is 6.04. The third kappa shape index (κ3) is 5.29. The van der Waals surface area contributed by atoms with Crippen LogP contribution in [0.2, 0.25) is 0 Å². The van der Waals surface area contributed by atoms with Gasteiger partial charge in [0.25, 0.3) is 5.91 Å². The highest BCUT2D eigenvalue weighted by atomic mass is 19.4. The summed E-state index contributed by atoms with van der Waals surface area (Å²) in [7, 11) is 0. The lowest BCUT2D eigenvalue weighted by Crippen LogP contribution is -2.41. The van der Waals surface area contributed by atoms with E-state index in [-0.39, 0.29) is 24.5 Å². The van der Waals surface area contributed by atoms with Crippen LogP contribution in [0.1, 0.15) is 47.3 Å². The molecule has 1 aromatic heterocycles. The summed E-state index contributed by atoms with van der Waals surface area (Å²) in [6.07, 6.45) is -1.76. The zero-order valence-corrected chi connectivity index (χ0v) is 17.7. The van der Waals surface area contributed by atoms with Gasteiger partial charge in [-0.3, -0.25) is 4.79 Å². The summed E-state index contributed by atoms with van der Waals surface area (Å²) >= 11 is 0. The predicted octanol–water partition coefficient (Wildman–Crippen LogP) is 4.49. The summed E-state index contributed by atoms with van der Waals surface area (Å²) in [4.78, 5) is 13.1. The van der Waals surface area contributed by atoms with Gasteiger partial charge in [-0.25, -0.2) is 0 Å². The van der Waals surface area contributed by atoms with Crippen molar-refractivity contribution < 1.29 is 27.8 Å². The molecule has 6 nitrogen and oxygen atoms in total. The molecule has 33 heavy (non-hydrogen) atoms. The fourth-order valence-corrected chi connectivity index (χ4v) is 4.27. The SMILES string of the molecule is N#Cc1ccc2c(c1)cc(C(=O)NCC1(O)CCCC1)n2Cc1cccc(OC(F)(F)F)c1. The van der Waals surface area contributed by atoms with Crippen molar-refractivity contribution in [1.82, 2.24) is 9.88 Å². The molecule has 0 bridgehead atoms. The molecule has 4 rings (SSSR count). The smallest absolute Gasteiger partial charge is 0.406 e. The van der Waals surface area contributed by atoms with Crippen LogP contribution in [0.4, 0.5) is 13.2 Å². The van der Waals surface area contributed by atoms with Crippen molar-refractivity contribution in [3.05, 3.63) is 65.4 Å². The molecule has 0 aliphatic heterocycles. The molecule has 1 heterocycles. The number of alkyl halides is 3. The number of nitriles is 1. The number of benzene rings is 2. The Labute approximate surface area is 188 Å². The maximum atomic E-state index is 13.1. The molecule has 3 aromatic rings. The van der Waals surface area contributed by atoms with Crippen LogP contribution >= 0.6 is 0 Å². The predicted molar refractivity (Wildman–Crippen MR) is 115 cm³/mol. The number of aliphatic hydroxyl groups is 1. The molecule has 0 radical (unpaired) electrons. The Morgan fingerprint density at radius 1 is 1.18 bits per heavy atom. The number of carbonyl (C=O) groups excluding carboxylic acids is 1. The van der Waals surface area contributed by atoms with Crippen molar-refractivity contribution >= 4 is 16.8 Å². The van der Waals surface area contributed by atoms with E-state index < -0.39 is 17.9 Å². The second kappa shape index (κ2) is 8.79. The lowest BCUT2D eigenvalue weighted by atomic mass is 10.0. The number of halogens is 3. The van der Waals surface area contributed by atoms with Gasteiger partial charge in [-0.2, -0.15) is 5.26 Å². The van der Waals surface area contributed by atoms with E-state index in [2.05, 4.69) is 16.1 Å². The number of carbonyl (C=O) groups is 1. The summed E-state index contributed by atoms with van der Waals surface area (Å²) in [5, 5.41) is 23.2. The minimum absolute atomic E-state index is 0.109. The highest BCUT2D eigenvalue weighted by Gasteiger charge is 2.32. The summed E-state index contributed by atoms with van der Waals surface area (Å²) in [5.74, 6) is -0.759. The molecule has 172 valence electrons. The molecule has 9 heteroatoms. The summed E-state index contributed by atoms with van der Waals surface area (Å²) in [5.41, 5.74) is 0.934. The quantitative estimate of drug-likeness (QED) is 0.571. The van der Waals surface area contributed by atoms with E-state index in [0.29, 0.717) is 34.9 Å². The van der Waals surface area contributed by atoms with Crippen molar-refractivity contribution in [2.45, 2.75) is 44.2 Å². The van der Waals surface area contributed by atoms with E-state index >= 15 is 0 Å². The van der Waals surface area contributed by atoms with E-state index in [9.17, 15) is 28.3 Å². The standard InChI is InChI=1S/C24H22F3N3O3/c25-24(26,27)33-19-5-3-4-17(11-19)14-30-20-7-6-16(13-28)10-18(20)12-21(30)22(31)29-15-23(32)8-1-2-9-23/h3-7,10-12,32H,1-2,8-9,14-15H2,(H,29,31). The number of rotatable bonds is 6. The molecule has 0 saturated heterocycles. The van der Waals surface area contributed by atoms with Crippen molar-refractivity contribution in [1.29, 1.82) is 5.26 Å². The van der Waals surface area contributed by atoms with Gasteiger partial charge in [0.15, 0.2) is 0 Å². The average Bonchev–Trinajstić information content (AvgIpc) is 3.35. The van der Waals surface area contributed by atoms with Crippen LogP contribution in [-0.4, -0.2) is 34.1 Å². The molecular weight excluding hydrogens is 435 g/mol. The van der Waals surface area contributed by atoms with Crippen LogP contribution < -0.4 is 10.1 Å². The molecule has 1 aliphatic rings. The number of nitrogens with zero attached hydrogens (tertiary/aromatic N) is 2. The fraction of sp³-hybridized carbons (Fsp3) is 0.333. The lowest BCUT2D eigenvalue weighted by Gasteiger charge is -2.22. The van der Waals surface area contributed by atoms with Crippen LogP contribution in [0, 0.1) is 11.3 Å². The third-order valence-corrected chi connectivity index (χ3v) is 5.85. The Hall–Kier alpha value is -3.51. The van der Waals surface area contributed by atoms with E-state index in [4.69, 9.17) is 0 Å². The second-order valence-corrected chi connectivity index (χ2v) is 8.31. The van der Waals surface area contributed by atoms with Gasteiger partial charge < -0.3 is 19.7 Å². The van der Waals surface area contributed by atoms with E-state index in [1.165, 1.54) is 18.2 Å². The number of nitrogens with one attached hydrogen (secondary N) is 1. The molecular formula is C24H22F3N3O3. The van der Waals surface area contributed by atoms with Gasteiger partial charge in [-0.1, -0.05) is 25.0 Å². The molecule has 1 fully saturated rings. The normalized spacial score (nSPS) is 15.4. The minimum atomic E-state index is -4.81. The molecule has 0 spiro atoms. The molecule has 0 atom stereocenters.